The molecule has 0 aromatic carbocycles. The maximum absolute atomic E-state index is 12.4. The molecule has 0 aliphatic heterocycles. The molecule has 1 rings (SSSR count). The van der Waals surface area contributed by atoms with Crippen molar-refractivity contribution in [3.63, 3.8) is 0 Å². The predicted molar refractivity (Wildman–Crippen MR) is 83.7 cm³/mol. The number of hydrogen-bond donors (Lipinski definition) is 0. The van der Waals surface area contributed by atoms with Gasteiger partial charge >= 0.3 is 6.18 Å². The third-order valence-corrected chi connectivity index (χ3v) is 4.31. The van der Waals surface area contributed by atoms with Crippen LogP contribution in [0.25, 0.3) is 0 Å². The van der Waals surface area contributed by atoms with Crippen LogP contribution >= 0.6 is 0 Å². The minimum absolute atomic E-state index is 0.181. The maximum Gasteiger partial charge on any atom is 0.389 e. The van der Waals surface area contributed by atoms with Crippen LogP contribution in [-0.4, -0.2) is 18.5 Å². The highest BCUT2D eigenvalue weighted by Crippen LogP contribution is 2.37. The lowest BCUT2D eigenvalue weighted by Gasteiger charge is -2.26. The number of nitriles is 2. The molecule has 1 fully saturated rings. The molecule has 1 aliphatic rings. The molecule has 0 unspecified atom stereocenters. The smallest absolute Gasteiger partial charge is 0.389 e. The molecular formula is C17H22F3N3O. The highest BCUT2D eigenvalue weighted by molar-refractivity contribution is 5.84. The molecule has 132 valence electrons. The van der Waals surface area contributed by atoms with Crippen molar-refractivity contribution >= 4 is 5.71 Å². The van der Waals surface area contributed by atoms with E-state index in [1.165, 1.54) is 0 Å². The van der Waals surface area contributed by atoms with Crippen LogP contribution in [0.2, 0.25) is 0 Å². The average molecular weight is 341 g/mol. The summed E-state index contributed by atoms with van der Waals surface area (Å²) in [6, 6.07) is 3.61. The zero-order valence-corrected chi connectivity index (χ0v) is 13.6. The van der Waals surface area contributed by atoms with Crippen LogP contribution in [0.3, 0.4) is 0 Å². The average Bonchev–Trinajstić information content (AvgIpc) is 2.56. The van der Waals surface area contributed by atoms with Gasteiger partial charge in [0.1, 0.15) is 12.0 Å². The first-order valence-corrected chi connectivity index (χ1v) is 8.02. The predicted octanol–water partition coefficient (Wildman–Crippen LogP) is 4.89. The van der Waals surface area contributed by atoms with Gasteiger partial charge in [0.05, 0.1) is 17.9 Å². The second-order valence-electron chi connectivity index (χ2n) is 6.14. The topological polar surface area (TPSA) is 69.2 Å². The summed E-state index contributed by atoms with van der Waals surface area (Å²) in [4.78, 5) is 5.05. The van der Waals surface area contributed by atoms with E-state index in [1.54, 1.807) is 18.2 Å². The van der Waals surface area contributed by atoms with Gasteiger partial charge in [-0.05, 0) is 50.9 Å². The van der Waals surface area contributed by atoms with Crippen LogP contribution in [-0.2, 0) is 4.84 Å². The van der Waals surface area contributed by atoms with Crippen LogP contribution in [0.1, 0.15) is 51.4 Å². The van der Waals surface area contributed by atoms with Gasteiger partial charge in [0.15, 0.2) is 0 Å². The Bertz CT molecular complexity index is 505. The summed E-state index contributed by atoms with van der Waals surface area (Å²) in [5.74, 6) is 0.301. The molecular weight excluding hydrogens is 319 g/mol. The molecule has 1 aliphatic carbocycles. The van der Waals surface area contributed by atoms with Crippen molar-refractivity contribution in [1.29, 1.82) is 10.5 Å². The van der Waals surface area contributed by atoms with Gasteiger partial charge in [0, 0.05) is 6.42 Å². The van der Waals surface area contributed by atoms with Gasteiger partial charge in [-0.25, -0.2) is 0 Å². The Morgan fingerprint density at radius 1 is 1.17 bits per heavy atom. The number of hydrogen-bond acceptors (Lipinski definition) is 4. The van der Waals surface area contributed by atoms with E-state index < -0.39 is 24.4 Å². The van der Waals surface area contributed by atoms with E-state index in [1.807, 2.05) is 0 Å². The molecule has 1 saturated carbocycles. The fourth-order valence-electron chi connectivity index (χ4n) is 2.75. The fourth-order valence-corrected chi connectivity index (χ4v) is 2.75. The number of oxime groups is 1. The van der Waals surface area contributed by atoms with Gasteiger partial charge in [-0.2, -0.15) is 23.7 Å². The molecule has 0 amide bonds. The van der Waals surface area contributed by atoms with Crippen molar-refractivity contribution < 1.29 is 18.0 Å². The third-order valence-electron chi connectivity index (χ3n) is 4.31. The van der Waals surface area contributed by atoms with Crippen molar-refractivity contribution in [1.82, 2.24) is 0 Å². The van der Waals surface area contributed by atoms with Gasteiger partial charge in [-0.1, -0.05) is 17.8 Å². The molecule has 7 heteroatoms. The first kappa shape index (κ1) is 20.0. The second-order valence-corrected chi connectivity index (χ2v) is 6.14. The zero-order chi connectivity index (χ0) is 18.1. The van der Waals surface area contributed by atoms with E-state index in [0.29, 0.717) is 18.9 Å². The molecule has 0 saturated heterocycles. The Labute approximate surface area is 140 Å². The SMILES string of the molecule is C=CCON=C1CCC(CCC(C#N)(C#N)CCC(F)(F)F)CC1. The molecule has 0 aromatic heterocycles. The summed E-state index contributed by atoms with van der Waals surface area (Å²) < 4.78 is 37.1. The Morgan fingerprint density at radius 3 is 2.29 bits per heavy atom. The molecule has 0 heterocycles. The van der Waals surface area contributed by atoms with Crippen LogP contribution in [0.4, 0.5) is 13.2 Å². The molecule has 0 N–H and O–H groups in total. The van der Waals surface area contributed by atoms with Crippen LogP contribution in [0.15, 0.2) is 17.8 Å². The van der Waals surface area contributed by atoms with E-state index in [9.17, 15) is 23.7 Å². The molecule has 0 radical (unpaired) electrons. The van der Waals surface area contributed by atoms with Crippen molar-refractivity contribution in [2.45, 2.75) is 57.5 Å². The van der Waals surface area contributed by atoms with E-state index in [-0.39, 0.29) is 6.42 Å². The quantitative estimate of drug-likeness (QED) is 0.358. The summed E-state index contributed by atoms with van der Waals surface area (Å²) in [6.07, 6.45) is -0.285. The number of rotatable bonds is 8. The number of nitrogens with zero attached hydrogens (tertiary/aromatic N) is 3. The Hall–Kier alpha value is -2.02. The van der Waals surface area contributed by atoms with E-state index in [0.717, 1.165) is 31.4 Å². The van der Waals surface area contributed by atoms with Gasteiger partial charge in [0.25, 0.3) is 0 Å². The van der Waals surface area contributed by atoms with Crippen molar-refractivity contribution in [2.75, 3.05) is 6.61 Å². The highest BCUT2D eigenvalue weighted by atomic mass is 19.4. The lowest BCUT2D eigenvalue weighted by molar-refractivity contribution is -0.138. The molecule has 24 heavy (non-hydrogen) atoms. The van der Waals surface area contributed by atoms with Crippen LogP contribution in [0.5, 0.6) is 0 Å². The number of alkyl halides is 3. The summed E-state index contributed by atoms with van der Waals surface area (Å²) in [5.41, 5.74) is -0.575. The summed E-state index contributed by atoms with van der Waals surface area (Å²) in [5, 5.41) is 22.4. The summed E-state index contributed by atoms with van der Waals surface area (Å²) >= 11 is 0. The van der Waals surface area contributed by atoms with Crippen LogP contribution < -0.4 is 0 Å². The molecule has 0 atom stereocenters. The first-order valence-electron chi connectivity index (χ1n) is 8.02. The third kappa shape index (κ3) is 7.04. The Balaban J connectivity index is 2.46. The van der Waals surface area contributed by atoms with E-state index >= 15 is 0 Å². The van der Waals surface area contributed by atoms with Gasteiger partial charge < -0.3 is 4.84 Å². The van der Waals surface area contributed by atoms with Gasteiger partial charge in [0.2, 0.25) is 0 Å². The first-order chi connectivity index (χ1) is 11.3. The lowest BCUT2D eigenvalue weighted by atomic mass is 9.76. The minimum atomic E-state index is -4.35. The minimum Gasteiger partial charge on any atom is -0.392 e. The Kier molecular flexibility index (Phi) is 7.78. The largest absolute Gasteiger partial charge is 0.392 e. The zero-order valence-electron chi connectivity index (χ0n) is 13.6. The molecule has 0 spiro atoms. The summed E-state index contributed by atoms with van der Waals surface area (Å²) in [7, 11) is 0. The highest BCUT2D eigenvalue weighted by Gasteiger charge is 2.37. The normalized spacial score (nSPS) is 18.4. The van der Waals surface area contributed by atoms with Gasteiger partial charge in [-0.3, -0.25) is 0 Å². The molecule has 0 aromatic rings. The van der Waals surface area contributed by atoms with Crippen molar-refractivity contribution in [3.05, 3.63) is 12.7 Å². The maximum atomic E-state index is 12.4. The van der Waals surface area contributed by atoms with E-state index in [4.69, 9.17) is 4.84 Å². The number of halogens is 3. The molecule has 4 nitrogen and oxygen atoms in total. The second kappa shape index (κ2) is 9.32. The standard InChI is InChI=1S/C17H22F3N3O/c1-2-11-24-23-15-5-3-14(4-6-15)7-8-16(12-21,13-22)9-10-17(18,19)20/h2,14H,1,3-11H2. The monoisotopic (exact) mass is 341 g/mol. The van der Waals surface area contributed by atoms with Gasteiger partial charge in [-0.15, -0.1) is 0 Å². The fraction of sp³-hybridized carbons (Fsp3) is 0.706. The van der Waals surface area contributed by atoms with Crippen molar-refractivity contribution in [2.24, 2.45) is 16.5 Å². The van der Waals surface area contributed by atoms with Crippen LogP contribution in [0, 0.1) is 34.0 Å². The summed E-state index contributed by atoms with van der Waals surface area (Å²) in [6.45, 7) is 3.89. The van der Waals surface area contributed by atoms with Crippen molar-refractivity contribution in [3.8, 4) is 12.1 Å². The molecule has 0 bridgehead atoms. The van der Waals surface area contributed by atoms with E-state index in [2.05, 4.69) is 11.7 Å². The Morgan fingerprint density at radius 2 is 1.79 bits per heavy atom. The lowest BCUT2D eigenvalue weighted by Crippen LogP contribution is -2.23.